The summed E-state index contributed by atoms with van der Waals surface area (Å²) < 4.78 is 38.1. The molecule has 0 spiro atoms. The number of alkyl halides is 3. The van der Waals surface area contributed by atoms with Crippen LogP contribution in [-0.2, 0) is 19.1 Å². The standard InChI is InChI=1S/C12H11F3N2OS/c1-2-9-3-4-11(19-9)10(18)7-17-6-8(5-16-17)12(13,14)15/h3-6H,2,7H2,1H3. The van der Waals surface area contributed by atoms with E-state index in [0.717, 1.165) is 28.4 Å². The van der Waals surface area contributed by atoms with Crippen molar-refractivity contribution in [2.45, 2.75) is 26.1 Å². The van der Waals surface area contributed by atoms with Crippen molar-refractivity contribution in [1.29, 1.82) is 0 Å². The van der Waals surface area contributed by atoms with Gasteiger partial charge in [0, 0.05) is 11.1 Å². The summed E-state index contributed by atoms with van der Waals surface area (Å²) in [5.74, 6) is -0.235. The molecule has 102 valence electrons. The molecular weight excluding hydrogens is 277 g/mol. The minimum absolute atomic E-state index is 0.181. The summed E-state index contributed by atoms with van der Waals surface area (Å²) >= 11 is 1.36. The van der Waals surface area contributed by atoms with E-state index in [1.54, 1.807) is 6.07 Å². The van der Waals surface area contributed by atoms with Gasteiger partial charge < -0.3 is 0 Å². The first-order valence-corrected chi connectivity index (χ1v) is 6.43. The van der Waals surface area contributed by atoms with Crippen LogP contribution in [0.25, 0.3) is 0 Å². The third-order valence-electron chi connectivity index (χ3n) is 2.55. The van der Waals surface area contributed by atoms with Gasteiger partial charge in [-0.15, -0.1) is 11.3 Å². The third kappa shape index (κ3) is 3.23. The lowest BCUT2D eigenvalue weighted by Crippen LogP contribution is -2.10. The first kappa shape index (κ1) is 13.8. The lowest BCUT2D eigenvalue weighted by molar-refractivity contribution is -0.137. The van der Waals surface area contributed by atoms with Crippen molar-refractivity contribution in [3.05, 3.63) is 39.8 Å². The summed E-state index contributed by atoms with van der Waals surface area (Å²) in [6.07, 6.45) is -2.04. The molecule has 0 fully saturated rings. The molecule has 0 unspecified atom stereocenters. The van der Waals surface area contributed by atoms with Crippen LogP contribution in [0.3, 0.4) is 0 Å². The maximum Gasteiger partial charge on any atom is 0.419 e. The van der Waals surface area contributed by atoms with Gasteiger partial charge in [-0.05, 0) is 18.6 Å². The van der Waals surface area contributed by atoms with Crippen LogP contribution in [0.2, 0.25) is 0 Å². The molecule has 2 heterocycles. The molecule has 0 N–H and O–H groups in total. The predicted molar refractivity (Wildman–Crippen MR) is 65.3 cm³/mol. The Labute approximate surface area is 111 Å². The molecule has 0 radical (unpaired) electrons. The van der Waals surface area contributed by atoms with E-state index in [-0.39, 0.29) is 12.3 Å². The molecule has 0 bridgehead atoms. The second-order valence-electron chi connectivity index (χ2n) is 3.97. The Morgan fingerprint density at radius 1 is 1.42 bits per heavy atom. The van der Waals surface area contributed by atoms with Crippen molar-refractivity contribution in [2.75, 3.05) is 0 Å². The van der Waals surface area contributed by atoms with Crippen molar-refractivity contribution in [3.63, 3.8) is 0 Å². The fraction of sp³-hybridized carbons (Fsp3) is 0.333. The molecule has 0 aliphatic rings. The Kier molecular flexibility index (Phi) is 3.75. The molecule has 0 amide bonds. The fourth-order valence-electron chi connectivity index (χ4n) is 1.54. The maximum absolute atomic E-state index is 12.4. The zero-order chi connectivity index (χ0) is 14.0. The zero-order valence-corrected chi connectivity index (χ0v) is 10.9. The van der Waals surface area contributed by atoms with Crippen LogP contribution < -0.4 is 0 Å². The average molecular weight is 288 g/mol. The summed E-state index contributed by atoms with van der Waals surface area (Å²) in [7, 11) is 0. The molecule has 3 nitrogen and oxygen atoms in total. The zero-order valence-electron chi connectivity index (χ0n) is 10.1. The largest absolute Gasteiger partial charge is 0.419 e. The van der Waals surface area contributed by atoms with E-state index in [1.807, 2.05) is 13.0 Å². The molecular formula is C12H11F3N2OS. The number of thiophene rings is 1. The van der Waals surface area contributed by atoms with Crippen LogP contribution in [0.5, 0.6) is 0 Å². The number of ketones is 1. The number of aromatic nitrogens is 2. The first-order valence-electron chi connectivity index (χ1n) is 5.61. The number of hydrogen-bond donors (Lipinski definition) is 0. The minimum Gasteiger partial charge on any atom is -0.291 e. The van der Waals surface area contributed by atoms with Crippen molar-refractivity contribution in [3.8, 4) is 0 Å². The number of aryl methyl sites for hydroxylation is 1. The van der Waals surface area contributed by atoms with Gasteiger partial charge in [0.25, 0.3) is 0 Å². The highest BCUT2D eigenvalue weighted by molar-refractivity contribution is 7.14. The van der Waals surface area contributed by atoms with Gasteiger partial charge in [0.2, 0.25) is 0 Å². The lowest BCUT2D eigenvalue weighted by atomic mass is 10.3. The first-order chi connectivity index (χ1) is 8.90. The Balaban J connectivity index is 2.09. The highest BCUT2D eigenvalue weighted by Gasteiger charge is 2.32. The Morgan fingerprint density at radius 3 is 2.68 bits per heavy atom. The normalized spacial score (nSPS) is 11.8. The summed E-state index contributed by atoms with van der Waals surface area (Å²) in [5.41, 5.74) is -0.847. The number of carbonyl (C=O) groups excluding carboxylic acids is 1. The highest BCUT2D eigenvalue weighted by atomic mass is 32.1. The summed E-state index contributed by atoms with van der Waals surface area (Å²) in [6, 6.07) is 3.54. The van der Waals surface area contributed by atoms with Gasteiger partial charge in [-0.25, -0.2) is 0 Å². The number of halogens is 3. The number of rotatable bonds is 4. The van der Waals surface area contributed by atoms with E-state index in [2.05, 4.69) is 5.10 Å². The second-order valence-corrected chi connectivity index (χ2v) is 5.14. The van der Waals surface area contributed by atoms with Gasteiger partial charge in [-0.3, -0.25) is 9.48 Å². The quantitative estimate of drug-likeness (QED) is 0.808. The smallest absolute Gasteiger partial charge is 0.291 e. The Hall–Kier alpha value is -1.63. The number of Topliss-reactive ketones (excluding diaryl/α,β-unsaturated/α-hetero) is 1. The van der Waals surface area contributed by atoms with Gasteiger partial charge in [0.15, 0.2) is 5.78 Å². The fourth-order valence-corrected chi connectivity index (χ4v) is 2.42. The molecule has 0 saturated heterocycles. The van der Waals surface area contributed by atoms with Gasteiger partial charge in [-0.1, -0.05) is 6.92 Å². The molecule has 2 rings (SSSR count). The summed E-state index contributed by atoms with van der Waals surface area (Å²) in [4.78, 5) is 13.5. The van der Waals surface area contributed by atoms with Crippen LogP contribution in [0, 0.1) is 0 Å². The third-order valence-corrected chi connectivity index (χ3v) is 3.82. The molecule has 2 aromatic rings. The van der Waals surface area contributed by atoms with Crippen molar-refractivity contribution < 1.29 is 18.0 Å². The van der Waals surface area contributed by atoms with E-state index in [4.69, 9.17) is 0 Å². The topological polar surface area (TPSA) is 34.9 Å². The molecule has 0 aromatic carbocycles. The Bertz CT molecular complexity index is 586. The number of carbonyl (C=O) groups is 1. The molecule has 0 saturated carbocycles. The predicted octanol–water partition coefficient (Wildman–Crippen LogP) is 3.41. The van der Waals surface area contributed by atoms with E-state index in [0.29, 0.717) is 4.88 Å². The van der Waals surface area contributed by atoms with Crippen LogP contribution in [0.1, 0.15) is 27.0 Å². The summed E-state index contributed by atoms with van der Waals surface area (Å²) in [6.45, 7) is 1.79. The average Bonchev–Trinajstić information content (AvgIpc) is 2.95. The van der Waals surface area contributed by atoms with Crippen LogP contribution in [0.15, 0.2) is 24.5 Å². The maximum atomic E-state index is 12.4. The molecule has 7 heteroatoms. The number of hydrogen-bond acceptors (Lipinski definition) is 3. The monoisotopic (exact) mass is 288 g/mol. The van der Waals surface area contributed by atoms with Gasteiger partial charge >= 0.3 is 6.18 Å². The van der Waals surface area contributed by atoms with Crippen molar-refractivity contribution in [1.82, 2.24) is 9.78 Å². The van der Waals surface area contributed by atoms with Crippen molar-refractivity contribution >= 4 is 17.1 Å². The second kappa shape index (κ2) is 5.16. The lowest BCUT2D eigenvalue weighted by Gasteiger charge is -2.01. The SMILES string of the molecule is CCc1ccc(C(=O)Cn2cc(C(F)(F)F)cn2)s1. The van der Waals surface area contributed by atoms with Gasteiger partial charge in [0.1, 0.15) is 6.54 Å². The molecule has 0 aliphatic carbocycles. The Morgan fingerprint density at radius 2 is 2.16 bits per heavy atom. The van der Waals surface area contributed by atoms with E-state index in [1.165, 1.54) is 11.3 Å². The van der Waals surface area contributed by atoms with E-state index in [9.17, 15) is 18.0 Å². The summed E-state index contributed by atoms with van der Waals surface area (Å²) in [5, 5.41) is 3.56. The van der Waals surface area contributed by atoms with Gasteiger partial charge in [0.05, 0.1) is 16.6 Å². The molecule has 19 heavy (non-hydrogen) atoms. The molecule has 2 aromatic heterocycles. The van der Waals surface area contributed by atoms with Crippen molar-refractivity contribution in [2.24, 2.45) is 0 Å². The van der Waals surface area contributed by atoms with Gasteiger partial charge in [-0.2, -0.15) is 18.3 Å². The van der Waals surface area contributed by atoms with Crippen LogP contribution >= 0.6 is 11.3 Å². The van der Waals surface area contributed by atoms with E-state index >= 15 is 0 Å². The molecule has 0 aliphatic heterocycles. The van der Waals surface area contributed by atoms with Crippen LogP contribution in [-0.4, -0.2) is 15.6 Å². The van der Waals surface area contributed by atoms with E-state index < -0.39 is 11.7 Å². The molecule has 0 atom stereocenters. The minimum atomic E-state index is -4.43. The van der Waals surface area contributed by atoms with Crippen LogP contribution in [0.4, 0.5) is 13.2 Å². The highest BCUT2D eigenvalue weighted by Crippen LogP contribution is 2.28. The number of nitrogens with zero attached hydrogens (tertiary/aromatic N) is 2.